The molecule has 0 spiro atoms. The molecule has 0 radical (unpaired) electrons. The van der Waals surface area contributed by atoms with Gasteiger partial charge in [-0.3, -0.25) is 10.00 Å². The van der Waals surface area contributed by atoms with E-state index in [0.717, 1.165) is 30.4 Å². The number of nitrogens with one attached hydrogen (secondary N) is 1. The van der Waals surface area contributed by atoms with Crippen LogP contribution in [0.2, 0.25) is 5.02 Å². The topological polar surface area (TPSA) is 52.1 Å². The molecule has 1 aromatic heterocycles. The summed E-state index contributed by atoms with van der Waals surface area (Å²) >= 11 is 5.94. The normalized spacial score (nSPS) is 23.3. The smallest absolute Gasteiger partial charge is 0.0492 e. The first-order valence-electron chi connectivity index (χ1n) is 6.83. The minimum Gasteiger partial charge on any atom is -0.396 e. The Labute approximate surface area is 123 Å². The molecular weight excluding hydrogens is 274 g/mol. The van der Waals surface area contributed by atoms with Crippen molar-refractivity contribution in [3.63, 3.8) is 0 Å². The molecule has 1 fully saturated rings. The lowest BCUT2D eigenvalue weighted by Gasteiger charge is -2.16. The molecule has 2 heterocycles. The lowest BCUT2D eigenvalue weighted by Crippen LogP contribution is -2.21. The average Bonchev–Trinajstić information content (AvgIpc) is 3.09. The highest BCUT2D eigenvalue weighted by Gasteiger charge is 2.33. The molecule has 2 N–H and O–H groups in total. The molecule has 2 aromatic rings. The first-order valence-corrected chi connectivity index (χ1v) is 7.21. The summed E-state index contributed by atoms with van der Waals surface area (Å²) in [7, 11) is 0. The standard InChI is InChI=1S/C15H18ClN3O/c16-13-3-1-11(2-4-13)15-9-19(7-12(15)10-20)8-14-5-6-17-18-14/h1-6,12,15,20H,7-10H2,(H,17,18)/t12-,15-/m0/s1. The van der Waals surface area contributed by atoms with Crippen molar-refractivity contribution in [2.45, 2.75) is 12.5 Å². The molecule has 4 nitrogen and oxygen atoms in total. The summed E-state index contributed by atoms with van der Waals surface area (Å²) in [6.45, 7) is 2.92. The van der Waals surface area contributed by atoms with E-state index in [2.05, 4.69) is 27.2 Å². The molecule has 3 rings (SSSR count). The van der Waals surface area contributed by atoms with Crippen molar-refractivity contribution in [1.29, 1.82) is 0 Å². The number of hydrogen-bond acceptors (Lipinski definition) is 3. The van der Waals surface area contributed by atoms with E-state index in [9.17, 15) is 5.11 Å². The molecule has 0 aliphatic carbocycles. The highest BCUT2D eigenvalue weighted by molar-refractivity contribution is 6.30. The molecule has 5 heteroatoms. The van der Waals surface area contributed by atoms with Gasteiger partial charge in [-0.2, -0.15) is 5.10 Å². The van der Waals surface area contributed by atoms with Crippen molar-refractivity contribution in [1.82, 2.24) is 15.1 Å². The van der Waals surface area contributed by atoms with Crippen molar-refractivity contribution in [2.24, 2.45) is 5.92 Å². The zero-order valence-corrected chi connectivity index (χ0v) is 11.9. The van der Waals surface area contributed by atoms with Crippen molar-refractivity contribution < 1.29 is 5.11 Å². The number of likely N-dealkylation sites (tertiary alicyclic amines) is 1. The summed E-state index contributed by atoms with van der Waals surface area (Å²) in [6.07, 6.45) is 1.77. The van der Waals surface area contributed by atoms with Gasteiger partial charge in [0.25, 0.3) is 0 Å². The van der Waals surface area contributed by atoms with Crippen molar-refractivity contribution >= 4 is 11.6 Å². The number of H-pyrrole nitrogens is 1. The van der Waals surface area contributed by atoms with Gasteiger partial charge in [-0.15, -0.1) is 0 Å². The van der Waals surface area contributed by atoms with Gasteiger partial charge in [-0.1, -0.05) is 23.7 Å². The number of aromatic nitrogens is 2. The number of aromatic amines is 1. The summed E-state index contributed by atoms with van der Waals surface area (Å²) in [6, 6.07) is 9.96. The van der Waals surface area contributed by atoms with E-state index in [0.29, 0.717) is 5.92 Å². The largest absolute Gasteiger partial charge is 0.396 e. The maximum Gasteiger partial charge on any atom is 0.0492 e. The van der Waals surface area contributed by atoms with Gasteiger partial charge in [0.2, 0.25) is 0 Å². The van der Waals surface area contributed by atoms with E-state index in [1.165, 1.54) is 5.56 Å². The van der Waals surface area contributed by atoms with Crippen LogP contribution in [-0.4, -0.2) is 39.9 Å². The fraction of sp³-hybridized carbons (Fsp3) is 0.400. The molecule has 1 aromatic carbocycles. The maximum absolute atomic E-state index is 9.62. The molecule has 0 saturated carbocycles. The Morgan fingerprint density at radius 1 is 1.25 bits per heavy atom. The summed E-state index contributed by atoms with van der Waals surface area (Å²) < 4.78 is 0. The Morgan fingerprint density at radius 3 is 2.70 bits per heavy atom. The highest BCUT2D eigenvalue weighted by Crippen LogP contribution is 2.33. The number of aliphatic hydroxyl groups excluding tert-OH is 1. The fourth-order valence-electron chi connectivity index (χ4n) is 2.98. The minimum atomic E-state index is 0.215. The van der Waals surface area contributed by atoms with E-state index in [4.69, 9.17) is 11.6 Å². The number of aliphatic hydroxyl groups is 1. The first kappa shape index (κ1) is 13.6. The van der Waals surface area contributed by atoms with Gasteiger partial charge >= 0.3 is 0 Å². The number of benzene rings is 1. The van der Waals surface area contributed by atoms with E-state index >= 15 is 0 Å². The quantitative estimate of drug-likeness (QED) is 0.908. The SMILES string of the molecule is OC[C@@H]1CN(Cc2ccn[nH]2)C[C@H]1c1ccc(Cl)cc1. The summed E-state index contributed by atoms with van der Waals surface area (Å²) in [4.78, 5) is 2.35. The third-order valence-electron chi connectivity index (χ3n) is 4.00. The Bertz CT molecular complexity index is 541. The van der Waals surface area contributed by atoms with Crippen LogP contribution in [0, 0.1) is 5.92 Å². The maximum atomic E-state index is 9.62. The second kappa shape index (κ2) is 5.95. The van der Waals surface area contributed by atoms with Crippen LogP contribution >= 0.6 is 11.6 Å². The predicted molar refractivity (Wildman–Crippen MR) is 78.6 cm³/mol. The average molecular weight is 292 g/mol. The molecule has 0 bridgehead atoms. The van der Waals surface area contributed by atoms with Gasteiger partial charge in [0.1, 0.15) is 0 Å². The summed E-state index contributed by atoms with van der Waals surface area (Å²) in [5.41, 5.74) is 2.36. The van der Waals surface area contributed by atoms with Gasteiger partial charge in [-0.05, 0) is 23.8 Å². The number of hydrogen-bond donors (Lipinski definition) is 2. The van der Waals surface area contributed by atoms with Crippen molar-refractivity contribution in [3.8, 4) is 0 Å². The molecule has 106 valence electrons. The Morgan fingerprint density at radius 2 is 2.05 bits per heavy atom. The van der Waals surface area contributed by atoms with Crippen LogP contribution < -0.4 is 0 Å². The molecule has 2 atom stereocenters. The van der Waals surface area contributed by atoms with E-state index < -0.39 is 0 Å². The van der Waals surface area contributed by atoms with E-state index in [1.54, 1.807) is 6.20 Å². The van der Waals surface area contributed by atoms with Crippen LogP contribution in [0.5, 0.6) is 0 Å². The predicted octanol–water partition coefficient (Wildman–Crippen LogP) is 2.27. The van der Waals surface area contributed by atoms with Crippen LogP contribution in [0.25, 0.3) is 0 Å². The molecule has 1 saturated heterocycles. The molecular formula is C15H18ClN3O. The second-order valence-corrected chi connectivity index (χ2v) is 5.81. The van der Waals surface area contributed by atoms with Crippen molar-refractivity contribution in [3.05, 3.63) is 52.8 Å². The zero-order valence-electron chi connectivity index (χ0n) is 11.2. The Balaban J connectivity index is 1.72. The monoisotopic (exact) mass is 291 g/mol. The van der Waals surface area contributed by atoms with Crippen LogP contribution in [0.3, 0.4) is 0 Å². The fourth-order valence-corrected chi connectivity index (χ4v) is 3.10. The third-order valence-corrected chi connectivity index (χ3v) is 4.25. The number of halogens is 1. The molecule has 1 aliphatic rings. The summed E-state index contributed by atoms with van der Waals surface area (Å²) in [5.74, 6) is 0.638. The van der Waals surface area contributed by atoms with Gasteiger partial charge in [0.15, 0.2) is 0 Å². The lowest BCUT2D eigenvalue weighted by molar-refractivity contribution is 0.213. The minimum absolute atomic E-state index is 0.215. The van der Waals surface area contributed by atoms with E-state index in [-0.39, 0.29) is 12.5 Å². The van der Waals surface area contributed by atoms with Crippen molar-refractivity contribution in [2.75, 3.05) is 19.7 Å². The number of nitrogens with zero attached hydrogens (tertiary/aromatic N) is 2. The Hall–Kier alpha value is -1.36. The molecule has 0 unspecified atom stereocenters. The first-order chi connectivity index (χ1) is 9.76. The van der Waals surface area contributed by atoms with Gasteiger partial charge < -0.3 is 5.11 Å². The second-order valence-electron chi connectivity index (χ2n) is 5.38. The molecule has 0 amide bonds. The molecule has 1 aliphatic heterocycles. The van der Waals surface area contributed by atoms with Crippen LogP contribution in [0.4, 0.5) is 0 Å². The number of rotatable bonds is 4. The summed E-state index contributed by atoms with van der Waals surface area (Å²) in [5, 5.41) is 17.3. The highest BCUT2D eigenvalue weighted by atomic mass is 35.5. The van der Waals surface area contributed by atoms with Gasteiger partial charge in [0.05, 0.1) is 0 Å². The van der Waals surface area contributed by atoms with Crippen LogP contribution in [0.1, 0.15) is 17.2 Å². The van der Waals surface area contributed by atoms with Gasteiger partial charge in [-0.25, -0.2) is 0 Å². The third kappa shape index (κ3) is 2.87. The van der Waals surface area contributed by atoms with Gasteiger partial charge in [0, 0.05) is 55.0 Å². The van der Waals surface area contributed by atoms with Crippen LogP contribution in [-0.2, 0) is 6.54 Å². The van der Waals surface area contributed by atoms with E-state index in [1.807, 2.05) is 18.2 Å². The molecule has 20 heavy (non-hydrogen) atoms. The lowest BCUT2D eigenvalue weighted by atomic mass is 9.90. The zero-order chi connectivity index (χ0) is 13.9. The van der Waals surface area contributed by atoms with Crippen LogP contribution in [0.15, 0.2) is 36.5 Å². The Kier molecular flexibility index (Phi) is 4.05.